The average Bonchev–Trinajstić information content (AvgIpc) is 3.48. The summed E-state index contributed by atoms with van der Waals surface area (Å²) in [5.74, 6) is 8.91. The average molecular weight is 888 g/mol. The van der Waals surface area contributed by atoms with E-state index in [1.807, 2.05) is 24.4 Å². The summed E-state index contributed by atoms with van der Waals surface area (Å²) in [7, 11) is 0. The molecule has 0 N–H and O–H groups in total. The van der Waals surface area contributed by atoms with Gasteiger partial charge in [0.05, 0.1) is 5.58 Å². The monoisotopic (exact) mass is 889 g/mol. The van der Waals surface area contributed by atoms with E-state index in [0.717, 1.165) is 62.9 Å². The maximum atomic E-state index is 6.05. The van der Waals surface area contributed by atoms with Crippen LogP contribution in [0.15, 0.2) is 89.6 Å². The second-order valence-electron chi connectivity index (χ2n) is 14.9. The number of hydrogen-bond acceptors (Lipinski definition) is 3. The molecule has 1 atom stereocenters. The van der Waals surface area contributed by atoms with E-state index in [1.54, 1.807) is 4.40 Å². The zero-order chi connectivity index (χ0) is 33.7. The first-order valence-electron chi connectivity index (χ1n) is 17.9. The van der Waals surface area contributed by atoms with Crippen molar-refractivity contribution >= 4 is 39.6 Å². The number of para-hydroxylation sites is 1. The summed E-state index contributed by atoms with van der Waals surface area (Å²) in [5, 5.41) is 2.31. The molecule has 6 aromatic rings. The third kappa shape index (κ3) is 9.20. The molecular formula is C44H50GeIrN2O-2. The van der Waals surface area contributed by atoms with Crippen molar-refractivity contribution in [2.24, 2.45) is 11.8 Å². The maximum absolute atomic E-state index is 6.05. The Labute approximate surface area is 310 Å². The number of pyridine rings is 2. The molecule has 1 aliphatic carbocycles. The predicted octanol–water partition coefficient (Wildman–Crippen LogP) is 11.6. The van der Waals surface area contributed by atoms with E-state index < -0.39 is 13.3 Å². The van der Waals surface area contributed by atoms with Gasteiger partial charge in [-0.2, -0.15) is 0 Å². The number of furan rings is 1. The molecule has 1 unspecified atom stereocenters. The minimum absolute atomic E-state index is 0. The molecule has 3 aromatic heterocycles. The Kier molecular flexibility index (Phi) is 12.7. The second-order valence-corrected chi connectivity index (χ2v) is 25.5. The molecule has 49 heavy (non-hydrogen) atoms. The molecule has 0 amide bonds. The molecule has 1 fully saturated rings. The van der Waals surface area contributed by atoms with Crippen LogP contribution in [0, 0.1) is 30.9 Å². The summed E-state index contributed by atoms with van der Waals surface area (Å²) in [6, 6.07) is 32.0. The van der Waals surface area contributed by atoms with Gasteiger partial charge >= 0.3 is 132 Å². The van der Waals surface area contributed by atoms with Gasteiger partial charge in [0.25, 0.3) is 0 Å². The van der Waals surface area contributed by atoms with Crippen LogP contribution in [-0.2, 0) is 32.9 Å². The Morgan fingerprint density at radius 1 is 0.878 bits per heavy atom. The third-order valence-corrected chi connectivity index (χ3v) is 14.4. The third-order valence-electron chi connectivity index (χ3n) is 10.0. The number of aromatic nitrogens is 2. The Hall–Kier alpha value is -3.05. The Morgan fingerprint density at radius 2 is 1.67 bits per heavy atom. The van der Waals surface area contributed by atoms with E-state index in [-0.39, 0.29) is 20.1 Å². The molecule has 0 saturated heterocycles. The quantitative estimate of drug-likeness (QED) is 0.113. The predicted molar refractivity (Wildman–Crippen MR) is 205 cm³/mol. The van der Waals surface area contributed by atoms with Crippen molar-refractivity contribution in [1.82, 2.24) is 9.97 Å². The molecule has 0 bridgehead atoms. The van der Waals surface area contributed by atoms with Gasteiger partial charge in [-0.05, 0) is 36.6 Å². The van der Waals surface area contributed by atoms with E-state index in [1.165, 1.54) is 61.5 Å². The molecule has 3 nitrogen and oxygen atoms in total. The SMILES string of the molecule is CCC(C)Cc1cc(-c2[c-]cccc2)nc[c]1[Ge]([CH3])([CH3])[CH3].Cc1cccc2c1oc1c[c-]c(-c3cc(CC4CCCCC4)ccn3)cc12.[Ir]. The van der Waals surface area contributed by atoms with Crippen LogP contribution < -0.4 is 4.40 Å². The van der Waals surface area contributed by atoms with E-state index in [9.17, 15) is 0 Å². The normalized spacial score (nSPS) is 14.2. The second kappa shape index (κ2) is 16.8. The number of hydrogen-bond donors (Lipinski definition) is 0. The fraction of sp³-hybridized carbons (Fsp3) is 0.364. The fourth-order valence-electron chi connectivity index (χ4n) is 7.07. The van der Waals surface area contributed by atoms with Crippen molar-refractivity contribution in [3.05, 3.63) is 114 Å². The van der Waals surface area contributed by atoms with E-state index in [0.29, 0.717) is 0 Å². The van der Waals surface area contributed by atoms with Gasteiger partial charge in [-0.15, -0.1) is 23.8 Å². The van der Waals surface area contributed by atoms with Crippen molar-refractivity contribution in [1.29, 1.82) is 0 Å². The van der Waals surface area contributed by atoms with Crippen LogP contribution in [0.5, 0.6) is 0 Å². The molecular weight excluding hydrogens is 837 g/mol. The number of rotatable bonds is 8. The van der Waals surface area contributed by atoms with Gasteiger partial charge in [0.15, 0.2) is 0 Å². The van der Waals surface area contributed by atoms with Crippen LogP contribution in [0.2, 0.25) is 17.3 Å². The van der Waals surface area contributed by atoms with Gasteiger partial charge in [-0.1, -0.05) is 67.3 Å². The van der Waals surface area contributed by atoms with Crippen molar-refractivity contribution in [2.45, 2.75) is 89.4 Å². The van der Waals surface area contributed by atoms with Gasteiger partial charge in [-0.25, -0.2) is 0 Å². The summed E-state index contributed by atoms with van der Waals surface area (Å²) in [4.78, 5) is 9.35. The van der Waals surface area contributed by atoms with Crippen LogP contribution in [0.1, 0.15) is 69.1 Å². The first-order valence-corrected chi connectivity index (χ1v) is 25.3. The minimum Gasteiger partial charge on any atom is -0.500 e. The molecule has 5 heteroatoms. The van der Waals surface area contributed by atoms with Crippen molar-refractivity contribution in [3.8, 4) is 22.5 Å². The molecule has 3 aromatic carbocycles. The largest absolute Gasteiger partial charge is 0.500 e. The van der Waals surface area contributed by atoms with E-state index in [4.69, 9.17) is 9.40 Å². The number of benzene rings is 3. The molecule has 3 heterocycles. The Morgan fingerprint density at radius 3 is 2.41 bits per heavy atom. The molecule has 0 spiro atoms. The van der Waals surface area contributed by atoms with Gasteiger partial charge in [0.1, 0.15) is 5.58 Å². The molecule has 0 aliphatic heterocycles. The first-order chi connectivity index (χ1) is 23.2. The van der Waals surface area contributed by atoms with E-state index >= 15 is 0 Å². The van der Waals surface area contributed by atoms with Gasteiger partial charge < -0.3 is 9.40 Å². The number of aryl methyl sites for hydroxylation is 1. The number of fused-ring (bicyclic) bond motifs is 3. The summed E-state index contributed by atoms with van der Waals surface area (Å²) >= 11 is -1.87. The summed E-state index contributed by atoms with van der Waals surface area (Å²) < 4.78 is 7.60. The van der Waals surface area contributed by atoms with E-state index in [2.05, 4.69) is 116 Å². The maximum Gasteiger partial charge on any atom is 0.123 e. The zero-order valence-electron chi connectivity index (χ0n) is 30.0. The van der Waals surface area contributed by atoms with Gasteiger partial charge in [0, 0.05) is 31.7 Å². The summed E-state index contributed by atoms with van der Waals surface area (Å²) in [5.41, 5.74) is 10.1. The number of nitrogens with zero attached hydrogens (tertiary/aromatic N) is 2. The molecule has 1 aliphatic rings. The minimum atomic E-state index is -1.87. The van der Waals surface area contributed by atoms with Crippen LogP contribution in [-0.4, -0.2) is 23.2 Å². The van der Waals surface area contributed by atoms with Gasteiger partial charge in [-0.3, -0.25) is 0 Å². The zero-order valence-corrected chi connectivity index (χ0v) is 34.5. The Balaban J connectivity index is 0.000000194. The summed E-state index contributed by atoms with van der Waals surface area (Å²) in [6.45, 7) is 6.70. The van der Waals surface area contributed by atoms with Crippen LogP contribution in [0.4, 0.5) is 0 Å². The topological polar surface area (TPSA) is 38.9 Å². The molecule has 1 radical (unpaired) electrons. The van der Waals surface area contributed by atoms with Crippen molar-refractivity contribution in [2.75, 3.05) is 0 Å². The Bertz CT molecular complexity index is 1970. The smallest absolute Gasteiger partial charge is 0.123 e. The standard InChI is InChI=1S/C25H24NO.C19H26GeN.Ir/c1-17-6-5-9-21-22-16-20(10-11-24(22)27-25(17)21)23-15-19(12-13-26-23)14-18-7-3-2-4-8-18;1-6-15(2)12-17-13-19(16-10-8-7-9-11-16)21-14-18(17)20(3,4)5;/h5-6,9,11-13,15-16,18H,2-4,7-8,14H2,1H3;7-10,13-15H,6,12H2,1-5H3;/q2*-1;. The van der Waals surface area contributed by atoms with Crippen LogP contribution in [0.3, 0.4) is 0 Å². The van der Waals surface area contributed by atoms with Crippen molar-refractivity contribution in [3.63, 3.8) is 0 Å². The fourth-order valence-corrected chi connectivity index (χ4v) is 10.4. The van der Waals surface area contributed by atoms with Crippen molar-refractivity contribution < 1.29 is 24.5 Å². The van der Waals surface area contributed by atoms with Gasteiger partial charge in [0.2, 0.25) is 0 Å². The molecule has 257 valence electrons. The van der Waals surface area contributed by atoms with Crippen LogP contribution >= 0.6 is 0 Å². The first kappa shape index (κ1) is 37.2. The molecule has 1 saturated carbocycles. The summed E-state index contributed by atoms with van der Waals surface area (Å²) in [6.07, 6.45) is 14.6. The molecule has 7 rings (SSSR count). The van der Waals surface area contributed by atoms with Crippen LogP contribution in [0.25, 0.3) is 44.5 Å².